The van der Waals surface area contributed by atoms with Crippen molar-refractivity contribution >= 4 is 7.82 Å². The van der Waals surface area contributed by atoms with Crippen LogP contribution >= 0.6 is 7.82 Å². The average Bonchev–Trinajstić information content (AvgIpc) is 1.99. The van der Waals surface area contributed by atoms with Crippen LogP contribution in [0.5, 0.6) is 0 Å². The van der Waals surface area contributed by atoms with E-state index < -0.39 is 7.82 Å². The fraction of sp³-hybridized carbons (Fsp3) is 1.00. The molecule has 1 fully saturated rings. The molecule has 0 aromatic carbocycles. The first kappa shape index (κ1) is 13.2. The first-order valence-electron chi connectivity index (χ1n) is 5.53. The molecule has 90 valence electrons. The average molecular weight is 236 g/mol. The van der Waals surface area contributed by atoms with E-state index in [-0.39, 0.29) is 12.0 Å². The standard InChI is InChI=1S/C10H21O4P/c1-7(2)9-5-4-8(3)6-10(9)14-15(11,12)13/h7-10H,4-6H2,1-3H3,(H2,11,12,13)/t8-,9+,10-/m1/s1. The van der Waals surface area contributed by atoms with Crippen molar-refractivity contribution in [3.63, 3.8) is 0 Å². The zero-order chi connectivity index (χ0) is 11.6. The summed E-state index contributed by atoms with van der Waals surface area (Å²) >= 11 is 0. The van der Waals surface area contributed by atoms with Crippen LogP contribution in [0, 0.1) is 17.8 Å². The number of phosphoric acid groups is 1. The van der Waals surface area contributed by atoms with Gasteiger partial charge in [0.15, 0.2) is 0 Å². The molecule has 0 radical (unpaired) electrons. The maximum absolute atomic E-state index is 10.8. The highest BCUT2D eigenvalue weighted by atomic mass is 31.2. The van der Waals surface area contributed by atoms with Gasteiger partial charge < -0.3 is 9.79 Å². The number of rotatable bonds is 3. The molecule has 0 heterocycles. The van der Waals surface area contributed by atoms with Gasteiger partial charge in [-0.1, -0.05) is 27.2 Å². The van der Waals surface area contributed by atoms with Crippen LogP contribution in [-0.4, -0.2) is 15.9 Å². The van der Waals surface area contributed by atoms with Gasteiger partial charge in [0, 0.05) is 0 Å². The Hall–Kier alpha value is 0.110. The van der Waals surface area contributed by atoms with E-state index in [1.807, 2.05) is 0 Å². The third kappa shape index (κ3) is 4.23. The van der Waals surface area contributed by atoms with Crippen molar-refractivity contribution in [1.29, 1.82) is 0 Å². The number of phosphoric ester groups is 1. The highest BCUT2D eigenvalue weighted by Gasteiger charge is 2.35. The molecule has 2 N–H and O–H groups in total. The smallest absolute Gasteiger partial charge is 0.303 e. The Morgan fingerprint density at radius 3 is 2.40 bits per heavy atom. The Balaban J connectivity index is 2.66. The van der Waals surface area contributed by atoms with Crippen LogP contribution in [0.15, 0.2) is 0 Å². The zero-order valence-corrected chi connectivity index (χ0v) is 10.5. The second-order valence-corrected chi connectivity index (χ2v) is 6.15. The topological polar surface area (TPSA) is 66.8 Å². The van der Waals surface area contributed by atoms with Crippen LogP contribution in [0.25, 0.3) is 0 Å². The van der Waals surface area contributed by atoms with Gasteiger partial charge in [-0.25, -0.2) is 4.57 Å². The highest BCUT2D eigenvalue weighted by Crippen LogP contribution is 2.45. The SMILES string of the molecule is CC(C)[C@@H]1CC[C@@H](C)C[C@H]1OP(=O)(O)O. The fourth-order valence-corrected chi connectivity index (χ4v) is 3.01. The number of hydrogen-bond acceptors (Lipinski definition) is 2. The van der Waals surface area contributed by atoms with Gasteiger partial charge in [0.25, 0.3) is 0 Å². The minimum Gasteiger partial charge on any atom is -0.303 e. The van der Waals surface area contributed by atoms with Gasteiger partial charge in [0.1, 0.15) is 0 Å². The van der Waals surface area contributed by atoms with E-state index in [0.717, 1.165) is 19.3 Å². The molecule has 0 spiro atoms. The van der Waals surface area contributed by atoms with Crippen molar-refractivity contribution in [2.45, 2.75) is 46.1 Å². The highest BCUT2D eigenvalue weighted by molar-refractivity contribution is 7.46. The molecule has 0 saturated heterocycles. The van der Waals surface area contributed by atoms with Crippen molar-refractivity contribution < 1.29 is 18.9 Å². The molecule has 0 aromatic heterocycles. The van der Waals surface area contributed by atoms with Gasteiger partial charge in [0.2, 0.25) is 0 Å². The summed E-state index contributed by atoms with van der Waals surface area (Å²) in [4.78, 5) is 17.7. The summed E-state index contributed by atoms with van der Waals surface area (Å²) in [7, 11) is -4.34. The van der Waals surface area contributed by atoms with Gasteiger partial charge in [0.05, 0.1) is 6.10 Å². The van der Waals surface area contributed by atoms with E-state index in [0.29, 0.717) is 11.8 Å². The Morgan fingerprint density at radius 2 is 1.93 bits per heavy atom. The summed E-state index contributed by atoms with van der Waals surface area (Å²) in [6.07, 6.45) is 2.61. The van der Waals surface area contributed by atoms with E-state index in [9.17, 15) is 4.57 Å². The maximum Gasteiger partial charge on any atom is 0.469 e. The molecule has 0 aromatic rings. The van der Waals surface area contributed by atoms with Gasteiger partial charge in [-0.05, 0) is 30.6 Å². The molecule has 15 heavy (non-hydrogen) atoms. The lowest BCUT2D eigenvalue weighted by Crippen LogP contribution is -2.33. The lowest BCUT2D eigenvalue weighted by molar-refractivity contribution is 0.0230. The van der Waals surface area contributed by atoms with Crippen LogP contribution in [0.4, 0.5) is 0 Å². The second-order valence-electron chi connectivity index (χ2n) is 4.96. The summed E-state index contributed by atoms with van der Waals surface area (Å²) in [6.45, 7) is 6.26. The third-order valence-corrected chi connectivity index (χ3v) is 3.78. The molecule has 4 nitrogen and oxygen atoms in total. The zero-order valence-electron chi connectivity index (χ0n) is 9.59. The van der Waals surface area contributed by atoms with Gasteiger partial charge in [-0.3, -0.25) is 4.52 Å². The lowest BCUT2D eigenvalue weighted by Gasteiger charge is -2.36. The van der Waals surface area contributed by atoms with E-state index in [2.05, 4.69) is 20.8 Å². The normalized spacial score (nSPS) is 33.3. The molecule has 0 amide bonds. The summed E-state index contributed by atoms with van der Waals surface area (Å²) in [5.74, 6) is 1.18. The van der Waals surface area contributed by atoms with Crippen molar-refractivity contribution in [3.05, 3.63) is 0 Å². The largest absolute Gasteiger partial charge is 0.469 e. The van der Waals surface area contributed by atoms with Gasteiger partial charge >= 0.3 is 7.82 Å². The van der Waals surface area contributed by atoms with Crippen LogP contribution in [0.1, 0.15) is 40.0 Å². The molecule has 0 bridgehead atoms. The monoisotopic (exact) mass is 236 g/mol. The molecular formula is C10H21O4P. The predicted molar refractivity (Wildman–Crippen MR) is 58.3 cm³/mol. The van der Waals surface area contributed by atoms with Crippen molar-refractivity contribution in [2.24, 2.45) is 17.8 Å². The predicted octanol–water partition coefficient (Wildman–Crippen LogP) is 2.56. The summed E-state index contributed by atoms with van der Waals surface area (Å²) in [5.41, 5.74) is 0. The molecule has 3 atom stereocenters. The molecule has 0 aliphatic heterocycles. The van der Waals surface area contributed by atoms with E-state index in [1.165, 1.54) is 0 Å². The molecule has 5 heteroatoms. The van der Waals surface area contributed by atoms with Crippen LogP contribution < -0.4 is 0 Å². The van der Waals surface area contributed by atoms with Gasteiger partial charge in [-0.15, -0.1) is 0 Å². The summed E-state index contributed by atoms with van der Waals surface area (Å²) < 4.78 is 15.7. The van der Waals surface area contributed by atoms with Crippen molar-refractivity contribution in [1.82, 2.24) is 0 Å². The fourth-order valence-electron chi connectivity index (χ4n) is 2.41. The third-order valence-electron chi connectivity index (χ3n) is 3.23. The first-order valence-corrected chi connectivity index (χ1v) is 7.06. The van der Waals surface area contributed by atoms with E-state index >= 15 is 0 Å². The molecule has 0 unspecified atom stereocenters. The Kier molecular flexibility index (Phi) is 4.36. The Labute approximate surface area is 91.3 Å². The minimum absolute atomic E-state index is 0.272. The first-order chi connectivity index (χ1) is 6.79. The summed E-state index contributed by atoms with van der Waals surface area (Å²) in [6, 6.07) is 0. The van der Waals surface area contributed by atoms with Crippen LogP contribution in [0.3, 0.4) is 0 Å². The quantitative estimate of drug-likeness (QED) is 0.739. The lowest BCUT2D eigenvalue weighted by atomic mass is 9.75. The molecule has 1 rings (SSSR count). The number of hydrogen-bond donors (Lipinski definition) is 2. The molecule has 1 aliphatic rings. The molecule has 1 aliphatic carbocycles. The van der Waals surface area contributed by atoms with Crippen molar-refractivity contribution in [3.8, 4) is 0 Å². The van der Waals surface area contributed by atoms with Crippen molar-refractivity contribution in [2.75, 3.05) is 0 Å². The van der Waals surface area contributed by atoms with Gasteiger partial charge in [-0.2, -0.15) is 0 Å². The molecular weight excluding hydrogens is 215 g/mol. The van der Waals surface area contributed by atoms with Crippen LogP contribution in [0.2, 0.25) is 0 Å². The second kappa shape index (κ2) is 4.96. The Bertz CT molecular complexity index is 248. The van der Waals surface area contributed by atoms with Crippen LogP contribution in [-0.2, 0) is 9.09 Å². The minimum atomic E-state index is -4.34. The maximum atomic E-state index is 10.8. The molecule has 1 saturated carbocycles. The van der Waals surface area contributed by atoms with E-state index in [1.54, 1.807) is 0 Å². The van der Waals surface area contributed by atoms with E-state index in [4.69, 9.17) is 14.3 Å². The Morgan fingerprint density at radius 1 is 1.33 bits per heavy atom. The summed E-state index contributed by atoms with van der Waals surface area (Å²) in [5, 5.41) is 0.